The number of esters is 3. The van der Waals surface area contributed by atoms with Crippen molar-refractivity contribution < 1.29 is 28.6 Å². The summed E-state index contributed by atoms with van der Waals surface area (Å²) >= 11 is 0. The van der Waals surface area contributed by atoms with Gasteiger partial charge in [-0.05, 0) is 0 Å². The molecule has 0 saturated heterocycles. The maximum atomic E-state index is 11.4. The normalized spacial score (nSPS) is 10.4. The van der Waals surface area contributed by atoms with Gasteiger partial charge in [0.2, 0.25) is 6.10 Å². The number of carbonyl (C=O) groups excluding carboxylic acids is 3. The molecule has 0 spiro atoms. The van der Waals surface area contributed by atoms with Crippen LogP contribution in [0.2, 0.25) is 0 Å². The van der Waals surface area contributed by atoms with Crippen molar-refractivity contribution in [2.75, 3.05) is 13.2 Å². The maximum Gasteiger partial charge on any atom is 0.349 e. The van der Waals surface area contributed by atoms with Gasteiger partial charge in [-0.15, -0.1) is 12.8 Å². The highest BCUT2D eigenvalue weighted by Crippen LogP contribution is 2.04. The molecule has 0 aliphatic rings. The molecule has 0 aromatic rings. The predicted molar refractivity (Wildman–Crippen MR) is 59.8 cm³/mol. The van der Waals surface area contributed by atoms with Crippen LogP contribution in [0.1, 0.15) is 13.3 Å². The lowest BCUT2D eigenvalue weighted by molar-refractivity contribution is -0.169. The summed E-state index contributed by atoms with van der Waals surface area (Å²) in [5, 5.41) is 0. The van der Waals surface area contributed by atoms with Gasteiger partial charge in [0.25, 0.3) is 0 Å². The van der Waals surface area contributed by atoms with Crippen LogP contribution in [0.25, 0.3) is 0 Å². The molecule has 0 aromatic heterocycles. The van der Waals surface area contributed by atoms with Crippen molar-refractivity contribution in [1.29, 1.82) is 0 Å². The lowest BCUT2D eigenvalue weighted by Gasteiger charge is -2.14. The third-order valence-electron chi connectivity index (χ3n) is 1.54. The Kier molecular flexibility index (Phi) is 7.47. The molecule has 0 aliphatic heterocycles. The summed E-state index contributed by atoms with van der Waals surface area (Å²) in [5.74, 6) is 1.72. The summed E-state index contributed by atoms with van der Waals surface area (Å²) in [6.07, 6.45) is 7.91. The second kappa shape index (κ2) is 8.66. The Balaban J connectivity index is 4.44. The summed E-state index contributed by atoms with van der Waals surface area (Å²) in [6, 6.07) is 0. The number of terminal acetylenes is 2. The van der Waals surface area contributed by atoms with Crippen molar-refractivity contribution in [3.8, 4) is 24.7 Å². The number of hydrogen-bond acceptors (Lipinski definition) is 6. The molecule has 1 atom stereocenters. The third-order valence-corrected chi connectivity index (χ3v) is 1.54. The van der Waals surface area contributed by atoms with E-state index in [1.807, 2.05) is 0 Å². The van der Waals surface area contributed by atoms with Gasteiger partial charge in [0, 0.05) is 6.92 Å². The lowest BCUT2D eigenvalue weighted by atomic mass is 10.2. The van der Waals surface area contributed by atoms with Gasteiger partial charge in [-0.2, -0.15) is 0 Å². The number of carbonyl (C=O) groups is 3. The van der Waals surface area contributed by atoms with E-state index in [2.05, 4.69) is 26.1 Å². The molecule has 0 radical (unpaired) electrons. The van der Waals surface area contributed by atoms with E-state index in [1.54, 1.807) is 0 Å². The first-order chi connectivity index (χ1) is 8.51. The topological polar surface area (TPSA) is 78.9 Å². The monoisotopic (exact) mass is 252 g/mol. The quantitative estimate of drug-likeness (QED) is 0.365. The Bertz CT molecular complexity index is 398. The van der Waals surface area contributed by atoms with E-state index in [9.17, 15) is 14.4 Å². The molecule has 0 amide bonds. The van der Waals surface area contributed by atoms with Crippen LogP contribution >= 0.6 is 0 Å². The lowest BCUT2D eigenvalue weighted by Crippen LogP contribution is -2.31. The summed E-state index contributed by atoms with van der Waals surface area (Å²) in [6.45, 7) is 0.579. The van der Waals surface area contributed by atoms with Crippen LogP contribution in [0.3, 0.4) is 0 Å². The van der Waals surface area contributed by atoms with Gasteiger partial charge in [-0.25, -0.2) is 4.79 Å². The Morgan fingerprint density at radius 1 is 1.11 bits per heavy atom. The zero-order valence-corrected chi connectivity index (χ0v) is 9.80. The van der Waals surface area contributed by atoms with E-state index < -0.39 is 30.4 Å². The zero-order valence-electron chi connectivity index (χ0n) is 9.80. The average Bonchev–Trinajstić information content (AvgIpc) is 2.32. The van der Waals surface area contributed by atoms with Crippen molar-refractivity contribution >= 4 is 17.9 Å². The van der Waals surface area contributed by atoms with Crippen molar-refractivity contribution in [2.24, 2.45) is 0 Å². The molecule has 0 heterocycles. The van der Waals surface area contributed by atoms with Crippen LogP contribution in [-0.2, 0) is 28.6 Å². The molecule has 1 unspecified atom stereocenters. The maximum absolute atomic E-state index is 11.4. The highest BCUT2D eigenvalue weighted by molar-refractivity contribution is 5.84. The average molecular weight is 252 g/mol. The van der Waals surface area contributed by atoms with E-state index in [0.717, 1.165) is 6.92 Å². The fourth-order valence-corrected chi connectivity index (χ4v) is 0.912. The van der Waals surface area contributed by atoms with Crippen molar-refractivity contribution in [2.45, 2.75) is 19.4 Å². The standard InChI is InChI=1S/C12H12O6/c1-4-6-16-11(14)8-10(18-9(3)13)12(15)17-7-5-2/h1-2,10H,6-8H2,3H3. The Hall–Kier alpha value is -2.47. The molecule has 0 saturated carbocycles. The molecular formula is C12H12O6. The number of rotatable bonds is 6. The Morgan fingerprint density at radius 2 is 1.67 bits per heavy atom. The minimum Gasteiger partial charge on any atom is -0.452 e. The fourth-order valence-electron chi connectivity index (χ4n) is 0.912. The summed E-state index contributed by atoms with van der Waals surface area (Å²) < 4.78 is 13.7. The van der Waals surface area contributed by atoms with Crippen molar-refractivity contribution in [1.82, 2.24) is 0 Å². The van der Waals surface area contributed by atoms with E-state index in [-0.39, 0.29) is 13.2 Å². The van der Waals surface area contributed by atoms with Gasteiger partial charge in [-0.3, -0.25) is 9.59 Å². The van der Waals surface area contributed by atoms with Crippen LogP contribution in [-0.4, -0.2) is 37.2 Å². The van der Waals surface area contributed by atoms with E-state index >= 15 is 0 Å². The smallest absolute Gasteiger partial charge is 0.349 e. The first kappa shape index (κ1) is 15.5. The largest absolute Gasteiger partial charge is 0.452 e. The molecule has 0 rings (SSSR count). The third kappa shape index (κ3) is 6.91. The highest BCUT2D eigenvalue weighted by Gasteiger charge is 2.27. The van der Waals surface area contributed by atoms with Gasteiger partial charge in [-0.1, -0.05) is 11.8 Å². The molecule has 0 aromatic carbocycles. The van der Waals surface area contributed by atoms with E-state index in [0.29, 0.717) is 0 Å². The van der Waals surface area contributed by atoms with E-state index in [4.69, 9.17) is 12.8 Å². The minimum atomic E-state index is -1.39. The fraction of sp³-hybridized carbons (Fsp3) is 0.417. The molecule has 0 aliphatic carbocycles. The summed E-state index contributed by atoms with van der Waals surface area (Å²) in [7, 11) is 0. The van der Waals surface area contributed by atoms with Gasteiger partial charge in [0.1, 0.15) is 0 Å². The summed E-state index contributed by atoms with van der Waals surface area (Å²) in [5.41, 5.74) is 0. The van der Waals surface area contributed by atoms with Crippen LogP contribution in [0.5, 0.6) is 0 Å². The van der Waals surface area contributed by atoms with Crippen LogP contribution in [0.4, 0.5) is 0 Å². The number of ether oxygens (including phenoxy) is 3. The first-order valence-corrected chi connectivity index (χ1v) is 4.87. The number of hydrogen-bond donors (Lipinski definition) is 0. The molecule has 0 fully saturated rings. The SMILES string of the molecule is C#CCOC(=O)CC(OC(C)=O)C(=O)OCC#C. The van der Waals surface area contributed by atoms with E-state index in [1.165, 1.54) is 0 Å². The second-order valence-corrected chi connectivity index (χ2v) is 2.98. The summed E-state index contributed by atoms with van der Waals surface area (Å²) in [4.78, 5) is 33.4. The first-order valence-electron chi connectivity index (χ1n) is 4.87. The molecular weight excluding hydrogens is 240 g/mol. The van der Waals surface area contributed by atoms with Gasteiger partial charge >= 0.3 is 17.9 Å². The van der Waals surface area contributed by atoms with Crippen LogP contribution in [0, 0.1) is 24.7 Å². The van der Waals surface area contributed by atoms with Crippen molar-refractivity contribution in [3.05, 3.63) is 0 Å². The zero-order chi connectivity index (χ0) is 14.0. The molecule has 96 valence electrons. The van der Waals surface area contributed by atoms with Gasteiger partial charge < -0.3 is 14.2 Å². The minimum absolute atomic E-state index is 0.231. The predicted octanol–water partition coefficient (Wildman–Crippen LogP) is -0.339. The van der Waals surface area contributed by atoms with Crippen molar-refractivity contribution in [3.63, 3.8) is 0 Å². The molecule has 18 heavy (non-hydrogen) atoms. The molecule has 0 N–H and O–H groups in total. The van der Waals surface area contributed by atoms with Gasteiger partial charge in [0.15, 0.2) is 13.2 Å². The highest BCUT2D eigenvalue weighted by atomic mass is 16.6. The Morgan fingerprint density at radius 3 is 2.17 bits per heavy atom. The molecule has 6 heteroatoms. The molecule has 0 bridgehead atoms. The van der Waals surface area contributed by atoms with Crippen LogP contribution < -0.4 is 0 Å². The van der Waals surface area contributed by atoms with Crippen LogP contribution in [0.15, 0.2) is 0 Å². The molecule has 6 nitrogen and oxygen atoms in total. The second-order valence-electron chi connectivity index (χ2n) is 2.98. The van der Waals surface area contributed by atoms with Gasteiger partial charge in [0.05, 0.1) is 6.42 Å². The Labute approximate surface area is 105 Å².